The van der Waals surface area contributed by atoms with Gasteiger partial charge in [-0.25, -0.2) is 15.6 Å². The van der Waals surface area contributed by atoms with Crippen LogP contribution in [0.25, 0.3) is 0 Å². The van der Waals surface area contributed by atoms with Crippen LogP contribution in [0, 0.1) is 0 Å². The molecule has 2 N–H and O–H groups in total. The van der Waals surface area contributed by atoms with Crippen molar-refractivity contribution in [2.75, 3.05) is 0 Å². The minimum atomic E-state index is -0.415. The highest BCUT2D eigenvalue weighted by Crippen LogP contribution is 2.13. The zero-order valence-corrected chi connectivity index (χ0v) is 10.1. The minimum Gasteiger partial charge on any atom is -0.245 e. The van der Waals surface area contributed by atoms with Crippen molar-refractivity contribution in [2.24, 2.45) is 10.2 Å². The van der Waals surface area contributed by atoms with E-state index in [9.17, 15) is 4.79 Å². The summed E-state index contributed by atoms with van der Waals surface area (Å²) in [4.78, 5) is 11.3. The monoisotopic (exact) mass is 244 g/mol. The van der Waals surface area contributed by atoms with E-state index in [0.29, 0.717) is 0 Å². The molecule has 1 aliphatic rings. The van der Waals surface area contributed by atoms with Crippen LogP contribution in [-0.2, 0) is 0 Å². The molecule has 18 heavy (non-hydrogen) atoms. The van der Waals surface area contributed by atoms with Crippen LogP contribution in [0.1, 0.15) is 31.2 Å². The zero-order valence-electron chi connectivity index (χ0n) is 10.1. The van der Waals surface area contributed by atoms with Crippen molar-refractivity contribution in [3.8, 4) is 0 Å². The molecule has 1 aromatic rings. The summed E-state index contributed by atoms with van der Waals surface area (Å²) >= 11 is 0. The van der Waals surface area contributed by atoms with E-state index in [0.717, 1.165) is 37.0 Å². The summed E-state index contributed by atoms with van der Waals surface area (Å²) in [6, 6.07) is 9.14. The van der Waals surface area contributed by atoms with Gasteiger partial charge in [0.1, 0.15) is 0 Å². The Morgan fingerprint density at radius 1 is 1.11 bits per heavy atom. The van der Waals surface area contributed by atoms with Gasteiger partial charge < -0.3 is 0 Å². The van der Waals surface area contributed by atoms with Crippen LogP contribution < -0.4 is 10.9 Å². The van der Waals surface area contributed by atoms with Gasteiger partial charge in [-0.3, -0.25) is 0 Å². The molecule has 1 aromatic carbocycles. The summed E-state index contributed by atoms with van der Waals surface area (Å²) in [5, 5.41) is 7.86. The molecule has 0 aromatic heterocycles. The molecule has 0 unspecified atom stereocenters. The molecule has 0 spiro atoms. The number of carbonyl (C=O) groups excluding carboxylic acids is 1. The standard InChI is InChI=1S/C13H16N4O/c18-13(17-15-12-8-4-5-9-12)16-14-10-11-6-2-1-3-7-11/h1-3,6-7,10H,4-5,8-9H2,(H2,16,17,18). The van der Waals surface area contributed by atoms with Gasteiger partial charge in [0.2, 0.25) is 0 Å². The maximum atomic E-state index is 11.3. The number of hydrazone groups is 2. The van der Waals surface area contributed by atoms with Crippen LogP contribution in [-0.4, -0.2) is 18.0 Å². The van der Waals surface area contributed by atoms with Crippen molar-refractivity contribution in [2.45, 2.75) is 25.7 Å². The molecule has 1 aliphatic carbocycles. The number of nitrogens with one attached hydrogen (secondary N) is 2. The van der Waals surface area contributed by atoms with Crippen LogP contribution in [0.2, 0.25) is 0 Å². The lowest BCUT2D eigenvalue weighted by Crippen LogP contribution is -2.29. The van der Waals surface area contributed by atoms with Gasteiger partial charge in [-0.1, -0.05) is 30.3 Å². The molecule has 2 amide bonds. The Morgan fingerprint density at radius 2 is 1.83 bits per heavy atom. The fourth-order valence-corrected chi connectivity index (χ4v) is 1.75. The highest BCUT2D eigenvalue weighted by Gasteiger charge is 2.08. The summed E-state index contributed by atoms with van der Waals surface area (Å²) < 4.78 is 0. The number of amides is 2. The van der Waals surface area contributed by atoms with Crippen LogP contribution in [0.15, 0.2) is 40.5 Å². The molecular formula is C13H16N4O. The lowest BCUT2D eigenvalue weighted by molar-refractivity contribution is 0.242. The van der Waals surface area contributed by atoms with Crippen LogP contribution in [0.3, 0.4) is 0 Å². The maximum Gasteiger partial charge on any atom is 0.355 e. The fourth-order valence-electron chi connectivity index (χ4n) is 1.75. The van der Waals surface area contributed by atoms with E-state index >= 15 is 0 Å². The molecule has 0 radical (unpaired) electrons. The van der Waals surface area contributed by atoms with Gasteiger partial charge in [0, 0.05) is 5.71 Å². The largest absolute Gasteiger partial charge is 0.355 e. The number of carbonyl (C=O) groups is 1. The van der Waals surface area contributed by atoms with Crippen molar-refractivity contribution in [1.82, 2.24) is 10.9 Å². The third kappa shape index (κ3) is 4.01. The van der Waals surface area contributed by atoms with Crippen molar-refractivity contribution in [3.05, 3.63) is 35.9 Å². The summed E-state index contributed by atoms with van der Waals surface area (Å²) in [7, 11) is 0. The van der Waals surface area contributed by atoms with Crippen molar-refractivity contribution < 1.29 is 4.79 Å². The zero-order chi connectivity index (χ0) is 12.6. The van der Waals surface area contributed by atoms with Gasteiger partial charge in [0.15, 0.2) is 0 Å². The highest BCUT2D eigenvalue weighted by molar-refractivity contribution is 5.87. The Balaban J connectivity index is 1.74. The minimum absolute atomic E-state index is 0.415. The van der Waals surface area contributed by atoms with Gasteiger partial charge in [-0.2, -0.15) is 10.2 Å². The number of urea groups is 1. The van der Waals surface area contributed by atoms with Crippen molar-refractivity contribution in [1.29, 1.82) is 0 Å². The lowest BCUT2D eigenvalue weighted by Gasteiger charge is -1.99. The smallest absolute Gasteiger partial charge is 0.245 e. The Labute approximate surface area is 106 Å². The molecule has 0 atom stereocenters. The van der Waals surface area contributed by atoms with E-state index < -0.39 is 6.03 Å². The van der Waals surface area contributed by atoms with Gasteiger partial charge in [-0.05, 0) is 31.2 Å². The average molecular weight is 244 g/mol. The molecule has 5 nitrogen and oxygen atoms in total. The Bertz CT molecular complexity index is 445. The maximum absolute atomic E-state index is 11.3. The molecule has 94 valence electrons. The topological polar surface area (TPSA) is 65.8 Å². The molecule has 0 heterocycles. The lowest BCUT2D eigenvalue weighted by atomic mass is 10.2. The summed E-state index contributed by atoms with van der Waals surface area (Å²) in [5.74, 6) is 0. The average Bonchev–Trinajstić information content (AvgIpc) is 2.91. The first-order valence-corrected chi connectivity index (χ1v) is 6.04. The van der Waals surface area contributed by atoms with Crippen molar-refractivity contribution in [3.63, 3.8) is 0 Å². The van der Waals surface area contributed by atoms with Gasteiger partial charge in [0.05, 0.1) is 6.21 Å². The SMILES string of the molecule is O=C(NN=Cc1ccccc1)NN=C1CCCC1. The summed E-state index contributed by atoms with van der Waals surface area (Å²) in [6.45, 7) is 0. The first kappa shape index (κ1) is 12.3. The van der Waals surface area contributed by atoms with Crippen molar-refractivity contribution >= 4 is 18.0 Å². The number of nitrogens with zero attached hydrogens (tertiary/aromatic N) is 2. The molecule has 0 aliphatic heterocycles. The Hall–Kier alpha value is -2.17. The van der Waals surface area contributed by atoms with Gasteiger partial charge >= 0.3 is 6.03 Å². The summed E-state index contributed by atoms with van der Waals surface area (Å²) in [6.07, 6.45) is 5.87. The number of hydrogen-bond acceptors (Lipinski definition) is 3. The molecule has 0 bridgehead atoms. The van der Waals surface area contributed by atoms with E-state index in [1.807, 2.05) is 30.3 Å². The second-order valence-corrected chi connectivity index (χ2v) is 4.11. The second kappa shape index (κ2) is 6.54. The second-order valence-electron chi connectivity index (χ2n) is 4.11. The molecule has 1 fully saturated rings. The van der Waals surface area contributed by atoms with E-state index in [1.54, 1.807) is 6.21 Å². The van der Waals surface area contributed by atoms with Gasteiger partial charge in [-0.15, -0.1) is 0 Å². The van der Waals surface area contributed by atoms with Gasteiger partial charge in [0.25, 0.3) is 0 Å². The van der Waals surface area contributed by atoms with Crippen LogP contribution in [0.4, 0.5) is 4.79 Å². The van der Waals surface area contributed by atoms with E-state index in [1.165, 1.54) is 0 Å². The highest BCUT2D eigenvalue weighted by atomic mass is 16.2. The molecule has 5 heteroatoms. The van der Waals surface area contributed by atoms with E-state index in [2.05, 4.69) is 21.1 Å². The molecule has 1 saturated carbocycles. The molecule has 0 saturated heterocycles. The predicted octanol–water partition coefficient (Wildman–Crippen LogP) is 2.25. The first-order valence-electron chi connectivity index (χ1n) is 6.04. The normalized spacial score (nSPS) is 14.8. The molecule has 2 rings (SSSR count). The third-order valence-electron chi connectivity index (χ3n) is 2.68. The predicted molar refractivity (Wildman–Crippen MR) is 71.6 cm³/mol. The quantitative estimate of drug-likeness (QED) is 0.621. The fraction of sp³-hybridized carbons (Fsp3) is 0.308. The first-order chi connectivity index (χ1) is 8.84. The Morgan fingerprint density at radius 3 is 2.56 bits per heavy atom. The third-order valence-corrected chi connectivity index (χ3v) is 2.68. The van der Waals surface area contributed by atoms with E-state index in [-0.39, 0.29) is 0 Å². The number of hydrogen-bond donors (Lipinski definition) is 2. The molecular weight excluding hydrogens is 228 g/mol. The Kier molecular flexibility index (Phi) is 4.46. The number of benzene rings is 1. The van der Waals surface area contributed by atoms with Crippen LogP contribution >= 0.6 is 0 Å². The van der Waals surface area contributed by atoms with E-state index in [4.69, 9.17) is 0 Å². The summed E-state index contributed by atoms with van der Waals surface area (Å²) in [5.41, 5.74) is 6.79. The number of rotatable bonds is 3. The van der Waals surface area contributed by atoms with Crippen LogP contribution in [0.5, 0.6) is 0 Å².